The molecule has 1 aromatic carbocycles. The third-order valence-electron chi connectivity index (χ3n) is 3.10. The van der Waals surface area contributed by atoms with Crippen LogP contribution in [0.5, 0.6) is 0 Å². The highest BCUT2D eigenvalue weighted by atomic mass is 35.5. The van der Waals surface area contributed by atoms with E-state index in [-0.39, 0.29) is 22.6 Å². The fourth-order valence-corrected chi connectivity index (χ4v) is 3.80. The minimum atomic E-state index is -3.64. The van der Waals surface area contributed by atoms with Crippen molar-refractivity contribution in [2.24, 2.45) is 0 Å². The zero-order chi connectivity index (χ0) is 14.0. The number of hydrogen-bond acceptors (Lipinski definition) is 3. The van der Waals surface area contributed by atoms with Crippen molar-refractivity contribution in [2.75, 3.05) is 13.2 Å². The zero-order valence-electron chi connectivity index (χ0n) is 10.4. The van der Waals surface area contributed by atoms with E-state index >= 15 is 0 Å². The molecule has 19 heavy (non-hydrogen) atoms. The number of halogens is 2. The highest BCUT2D eigenvalue weighted by Crippen LogP contribution is 2.30. The lowest BCUT2D eigenvalue weighted by atomic mass is 10.2. The maximum atomic E-state index is 12.2. The Morgan fingerprint density at radius 3 is 2.79 bits per heavy atom. The van der Waals surface area contributed by atoms with E-state index in [4.69, 9.17) is 27.9 Å². The summed E-state index contributed by atoms with van der Waals surface area (Å²) in [5, 5.41) is 0.607. The Morgan fingerprint density at radius 1 is 1.42 bits per heavy atom. The first-order valence-corrected chi connectivity index (χ1v) is 8.21. The average molecular weight is 324 g/mol. The van der Waals surface area contributed by atoms with Gasteiger partial charge in [0, 0.05) is 18.2 Å². The fourth-order valence-electron chi connectivity index (χ4n) is 1.93. The molecule has 0 aromatic heterocycles. The Balaban J connectivity index is 2.17. The van der Waals surface area contributed by atoms with Crippen LogP contribution in [0.1, 0.15) is 18.4 Å². The van der Waals surface area contributed by atoms with Gasteiger partial charge in [0.1, 0.15) is 4.90 Å². The van der Waals surface area contributed by atoms with E-state index in [1.807, 2.05) is 0 Å². The third-order valence-corrected chi connectivity index (χ3v) is 5.57. The van der Waals surface area contributed by atoms with Crippen LogP contribution in [0.4, 0.5) is 0 Å². The molecule has 1 N–H and O–H groups in total. The van der Waals surface area contributed by atoms with Crippen molar-refractivity contribution >= 4 is 33.2 Å². The molecule has 1 aliphatic rings. The number of rotatable bonds is 4. The molecule has 1 fully saturated rings. The molecule has 0 bridgehead atoms. The summed E-state index contributed by atoms with van der Waals surface area (Å²) in [6.07, 6.45) is 1.78. The van der Waals surface area contributed by atoms with Crippen molar-refractivity contribution in [3.8, 4) is 0 Å². The molecule has 4 nitrogen and oxygen atoms in total. The molecule has 1 saturated heterocycles. The highest BCUT2D eigenvalue weighted by molar-refractivity contribution is 7.89. The third kappa shape index (κ3) is 3.41. The lowest BCUT2D eigenvalue weighted by Crippen LogP contribution is -2.32. The minimum absolute atomic E-state index is 0.0501. The van der Waals surface area contributed by atoms with Crippen molar-refractivity contribution in [2.45, 2.75) is 30.8 Å². The van der Waals surface area contributed by atoms with Crippen LogP contribution < -0.4 is 4.72 Å². The summed E-state index contributed by atoms with van der Waals surface area (Å²) in [6, 6.07) is 2.94. The van der Waals surface area contributed by atoms with Crippen molar-refractivity contribution in [1.29, 1.82) is 0 Å². The van der Waals surface area contributed by atoms with E-state index in [1.165, 1.54) is 12.1 Å². The molecule has 1 heterocycles. The Bertz CT molecular complexity index is 569. The molecule has 1 aromatic rings. The summed E-state index contributed by atoms with van der Waals surface area (Å²) < 4.78 is 32.3. The minimum Gasteiger partial charge on any atom is -0.377 e. The lowest BCUT2D eigenvalue weighted by molar-refractivity contribution is 0.114. The van der Waals surface area contributed by atoms with Gasteiger partial charge in [-0.2, -0.15) is 0 Å². The Hall–Kier alpha value is -0.330. The van der Waals surface area contributed by atoms with Gasteiger partial charge in [-0.05, 0) is 37.5 Å². The summed E-state index contributed by atoms with van der Waals surface area (Å²) in [7, 11) is -3.64. The Kier molecular flexibility index (Phi) is 4.74. The van der Waals surface area contributed by atoms with Crippen molar-refractivity contribution in [3.05, 3.63) is 27.7 Å². The first-order valence-electron chi connectivity index (χ1n) is 5.97. The SMILES string of the molecule is Cc1c(Cl)ccc(S(=O)(=O)NCC2CCCO2)c1Cl. The summed E-state index contributed by atoms with van der Waals surface area (Å²) in [5.41, 5.74) is 0.559. The number of nitrogens with one attached hydrogen (secondary N) is 1. The van der Waals surface area contributed by atoms with Crippen LogP contribution >= 0.6 is 23.2 Å². The molecule has 1 aliphatic heterocycles. The van der Waals surface area contributed by atoms with Gasteiger partial charge < -0.3 is 4.74 Å². The van der Waals surface area contributed by atoms with Crippen LogP contribution in [0.25, 0.3) is 0 Å². The standard InChI is InChI=1S/C12H15Cl2NO3S/c1-8-10(13)4-5-11(12(8)14)19(16,17)15-7-9-3-2-6-18-9/h4-5,9,15H,2-3,6-7H2,1H3. The van der Waals surface area contributed by atoms with Gasteiger partial charge in [-0.1, -0.05) is 23.2 Å². The molecule has 106 valence electrons. The molecule has 1 atom stereocenters. The molecule has 2 rings (SSSR count). The first kappa shape index (κ1) is 15.1. The second-order valence-electron chi connectivity index (χ2n) is 4.47. The summed E-state index contributed by atoms with van der Waals surface area (Å²) in [6.45, 7) is 2.64. The van der Waals surface area contributed by atoms with Gasteiger partial charge in [-0.15, -0.1) is 0 Å². The Morgan fingerprint density at radius 2 is 2.16 bits per heavy atom. The summed E-state index contributed by atoms with van der Waals surface area (Å²) in [4.78, 5) is 0.0501. The number of sulfonamides is 1. The topological polar surface area (TPSA) is 55.4 Å². The van der Waals surface area contributed by atoms with E-state index < -0.39 is 10.0 Å². The molecule has 0 aliphatic carbocycles. The first-order chi connectivity index (χ1) is 8.92. The van der Waals surface area contributed by atoms with E-state index in [0.29, 0.717) is 17.2 Å². The van der Waals surface area contributed by atoms with Crippen molar-refractivity contribution in [1.82, 2.24) is 4.72 Å². The number of hydrogen-bond donors (Lipinski definition) is 1. The second-order valence-corrected chi connectivity index (χ2v) is 6.99. The molecular weight excluding hydrogens is 309 g/mol. The zero-order valence-corrected chi connectivity index (χ0v) is 12.8. The molecule has 7 heteroatoms. The maximum Gasteiger partial charge on any atom is 0.242 e. The number of ether oxygens (including phenoxy) is 1. The van der Waals surface area contributed by atoms with Gasteiger partial charge in [0.15, 0.2) is 0 Å². The molecule has 0 amide bonds. The maximum absolute atomic E-state index is 12.2. The summed E-state index contributed by atoms with van der Waals surface area (Å²) in [5.74, 6) is 0. The Labute approximate surface area is 123 Å². The molecule has 0 radical (unpaired) electrons. The van der Waals surface area contributed by atoms with Crippen LogP contribution in [-0.4, -0.2) is 27.7 Å². The smallest absolute Gasteiger partial charge is 0.242 e. The fraction of sp³-hybridized carbons (Fsp3) is 0.500. The van der Waals surface area contributed by atoms with Gasteiger partial charge in [0.2, 0.25) is 10.0 Å². The van der Waals surface area contributed by atoms with Gasteiger partial charge >= 0.3 is 0 Å². The van der Waals surface area contributed by atoms with Crippen molar-refractivity contribution in [3.63, 3.8) is 0 Å². The second kappa shape index (κ2) is 5.97. The van der Waals surface area contributed by atoms with E-state index in [1.54, 1.807) is 6.92 Å². The van der Waals surface area contributed by atoms with Gasteiger partial charge in [-0.3, -0.25) is 0 Å². The quantitative estimate of drug-likeness (QED) is 0.926. The monoisotopic (exact) mass is 323 g/mol. The molecule has 0 spiro atoms. The van der Waals surface area contributed by atoms with Crippen molar-refractivity contribution < 1.29 is 13.2 Å². The molecular formula is C12H15Cl2NO3S. The summed E-state index contributed by atoms with van der Waals surface area (Å²) >= 11 is 11.9. The van der Waals surface area contributed by atoms with Gasteiger partial charge in [0.25, 0.3) is 0 Å². The van der Waals surface area contributed by atoms with Gasteiger partial charge in [-0.25, -0.2) is 13.1 Å². The molecule has 1 unspecified atom stereocenters. The number of benzene rings is 1. The van der Waals surface area contributed by atoms with Crippen LogP contribution in [0.2, 0.25) is 10.0 Å². The highest BCUT2D eigenvalue weighted by Gasteiger charge is 2.23. The normalized spacial score (nSPS) is 19.8. The average Bonchev–Trinajstić information content (AvgIpc) is 2.86. The predicted octanol–water partition coefficient (Wildman–Crippen LogP) is 2.76. The van der Waals surface area contributed by atoms with E-state index in [9.17, 15) is 8.42 Å². The van der Waals surface area contributed by atoms with Gasteiger partial charge in [0.05, 0.1) is 11.1 Å². The van der Waals surface area contributed by atoms with Crippen LogP contribution in [0.3, 0.4) is 0 Å². The molecule has 0 saturated carbocycles. The lowest BCUT2D eigenvalue weighted by Gasteiger charge is -2.13. The van der Waals surface area contributed by atoms with E-state index in [2.05, 4.69) is 4.72 Å². The predicted molar refractivity (Wildman–Crippen MR) is 75.4 cm³/mol. The van der Waals surface area contributed by atoms with Crippen LogP contribution in [-0.2, 0) is 14.8 Å². The van der Waals surface area contributed by atoms with E-state index in [0.717, 1.165) is 12.8 Å². The largest absolute Gasteiger partial charge is 0.377 e. The van der Waals surface area contributed by atoms with Crippen LogP contribution in [0.15, 0.2) is 17.0 Å². The van der Waals surface area contributed by atoms with Crippen LogP contribution in [0, 0.1) is 6.92 Å².